The van der Waals surface area contributed by atoms with Crippen molar-refractivity contribution >= 4 is 35.1 Å². The molecule has 1 heterocycles. The molecule has 3 aromatic rings. The van der Waals surface area contributed by atoms with Gasteiger partial charge in [0.1, 0.15) is 23.7 Å². The summed E-state index contributed by atoms with van der Waals surface area (Å²) in [6.45, 7) is 17.2. The van der Waals surface area contributed by atoms with Gasteiger partial charge in [-0.25, -0.2) is 0 Å². The summed E-state index contributed by atoms with van der Waals surface area (Å²) in [6.07, 6.45) is 0. The van der Waals surface area contributed by atoms with Gasteiger partial charge in [0.25, 0.3) is 0 Å². The summed E-state index contributed by atoms with van der Waals surface area (Å²) in [7, 11) is 0. The second-order valence-corrected chi connectivity index (χ2v) is 11.9. The normalized spacial score (nSPS) is 12.0. The maximum atomic E-state index is 6.14. The fourth-order valence-corrected chi connectivity index (χ4v) is 5.45. The fourth-order valence-electron chi connectivity index (χ4n) is 4.25. The molecule has 0 saturated carbocycles. The second-order valence-electron chi connectivity index (χ2n) is 10.6. The van der Waals surface area contributed by atoms with Crippen LogP contribution >= 0.6 is 35.1 Å². The molecule has 33 heavy (non-hydrogen) atoms. The van der Waals surface area contributed by atoms with E-state index >= 15 is 0 Å². The summed E-state index contributed by atoms with van der Waals surface area (Å²) in [6, 6.07) is 12.8. The first-order valence-corrected chi connectivity index (χ1v) is 12.3. The van der Waals surface area contributed by atoms with E-state index in [-0.39, 0.29) is 38.5 Å². The van der Waals surface area contributed by atoms with E-state index < -0.39 is 0 Å². The van der Waals surface area contributed by atoms with Crippen molar-refractivity contribution in [3.63, 3.8) is 0 Å². The van der Waals surface area contributed by atoms with E-state index in [1.807, 2.05) is 0 Å². The third kappa shape index (κ3) is 6.00. The molecule has 0 unspecified atom stereocenters. The Labute approximate surface area is 227 Å². The van der Waals surface area contributed by atoms with Gasteiger partial charge in [-0.15, -0.1) is 11.3 Å². The molecule has 0 atom stereocenters. The molecule has 0 aliphatic carbocycles. The van der Waals surface area contributed by atoms with Crippen LogP contribution in [0.15, 0.2) is 41.8 Å². The number of hydrogen-bond donors (Lipinski definition) is 0. The van der Waals surface area contributed by atoms with Gasteiger partial charge in [-0.3, -0.25) is 0 Å². The van der Waals surface area contributed by atoms with Crippen LogP contribution in [-0.4, -0.2) is 0 Å². The molecule has 0 aliphatic heterocycles. The van der Waals surface area contributed by atoms with Crippen molar-refractivity contribution in [1.29, 1.82) is 0 Å². The molecular formula is C27H32Cl2O2STi. The van der Waals surface area contributed by atoms with Crippen LogP contribution < -0.4 is 8.58 Å². The molecule has 1 aromatic heterocycles. The predicted octanol–water partition coefficient (Wildman–Crippen LogP) is 9.20. The van der Waals surface area contributed by atoms with Crippen molar-refractivity contribution in [3.8, 4) is 11.5 Å². The van der Waals surface area contributed by atoms with Gasteiger partial charge >= 0.3 is 0 Å². The Kier molecular flexibility index (Phi) is 9.21. The average molecular weight is 539 g/mol. The maximum Gasteiger partial charge on any atom is 0.154 e. The number of hydrogen-bond acceptors (Lipinski definition) is 3. The van der Waals surface area contributed by atoms with Crippen molar-refractivity contribution in [2.75, 3.05) is 0 Å². The molecule has 0 bridgehead atoms. The molecule has 6 heteroatoms. The van der Waals surface area contributed by atoms with Gasteiger partial charge in [0, 0.05) is 48.8 Å². The second kappa shape index (κ2) is 10.7. The number of thiophene rings is 1. The molecular weight excluding hydrogens is 507 g/mol. The minimum absolute atomic E-state index is 0. The smallest absolute Gasteiger partial charge is 0.154 e. The van der Waals surface area contributed by atoms with Crippen LogP contribution in [0.1, 0.15) is 85.7 Å². The largest absolute Gasteiger partial charge is 0.385 e. The van der Waals surface area contributed by atoms with E-state index in [4.69, 9.17) is 32.3 Å². The Morgan fingerprint density at radius 2 is 1.18 bits per heavy atom. The first kappa shape index (κ1) is 28.3. The van der Waals surface area contributed by atoms with Gasteiger partial charge < -0.3 is 8.58 Å². The average Bonchev–Trinajstić information content (AvgIpc) is 3.20. The number of halogens is 2. The molecule has 0 radical (unpaired) electrons. The van der Waals surface area contributed by atoms with Crippen LogP contribution in [0.2, 0.25) is 0 Å². The third-order valence-electron chi connectivity index (χ3n) is 5.74. The maximum absolute atomic E-state index is 6.14. The minimum Gasteiger partial charge on any atom is -0.385 e. The summed E-state index contributed by atoms with van der Waals surface area (Å²) >= 11 is 14.0. The van der Waals surface area contributed by atoms with Crippen molar-refractivity contribution in [3.05, 3.63) is 80.0 Å². The number of aryl methyl sites for hydroxylation is 2. The van der Waals surface area contributed by atoms with E-state index in [1.165, 1.54) is 4.88 Å². The Balaban J connectivity index is 0.00000385. The van der Waals surface area contributed by atoms with Crippen LogP contribution in [0.4, 0.5) is 0 Å². The first-order chi connectivity index (χ1) is 14.9. The molecule has 0 N–H and O–H groups in total. The third-order valence-corrected chi connectivity index (χ3v) is 6.99. The van der Waals surface area contributed by atoms with Crippen molar-refractivity contribution in [1.82, 2.24) is 0 Å². The SMILES string of the molecule is Cc1cc(C(c2cccs2)c2cc(C)cc(C(C)(C)C)c2OCl)c(OCl)c(C(C)(C)C)c1.[Ti]. The number of rotatable bonds is 5. The zero-order chi connectivity index (χ0) is 23.8. The van der Waals surface area contributed by atoms with Crippen molar-refractivity contribution in [2.24, 2.45) is 0 Å². The first-order valence-electron chi connectivity index (χ1n) is 10.8. The van der Waals surface area contributed by atoms with Gasteiger partial charge in [-0.05, 0) is 36.1 Å². The Bertz CT molecular complexity index is 1030. The monoisotopic (exact) mass is 538 g/mol. The molecule has 0 saturated heterocycles. The molecule has 0 amide bonds. The van der Waals surface area contributed by atoms with Crippen molar-refractivity contribution < 1.29 is 30.3 Å². The van der Waals surface area contributed by atoms with Crippen molar-refractivity contribution in [2.45, 2.75) is 72.1 Å². The van der Waals surface area contributed by atoms with Gasteiger partial charge in [-0.1, -0.05) is 83.0 Å². The fraction of sp³-hybridized carbons (Fsp3) is 0.407. The Morgan fingerprint density at radius 3 is 1.48 bits per heavy atom. The number of benzene rings is 2. The van der Waals surface area contributed by atoms with Gasteiger partial charge in [0.2, 0.25) is 0 Å². The van der Waals surface area contributed by atoms with E-state index in [2.05, 4.69) is 97.2 Å². The van der Waals surface area contributed by atoms with Crippen LogP contribution in [0.25, 0.3) is 0 Å². The Hall–Kier alpha value is -0.966. The summed E-state index contributed by atoms with van der Waals surface area (Å²) in [5.41, 5.74) is 6.18. The summed E-state index contributed by atoms with van der Waals surface area (Å²) < 4.78 is 11.1. The van der Waals surface area contributed by atoms with Gasteiger partial charge in [0.05, 0.1) is 5.92 Å². The summed E-state index contributed by atoms with van der Waals surface area (Å²) in [4.78, 5) is 1.17. The summed E-state index contributed by atoms with van der Waals surface area (Å²) in [5, 5.41) is 2.09. The standard InChI is InChI=1S/C27H32Cl2O2S.Ti/c1-16-12-18(24(30-28)20(14-16)26(3,4)5)23(22-10-9-11-32-22)19-13-17(2)15-21(25(19)31-29)27(6,7)8;/h9-15,23H,1-8H3;. The molecule has 2 nitrogen and oxygen atoms in total. The molecule has 2 aromatic carbocycles. The van der Waals surface area contributed by atoms with Crippen LogP contribution in [0, 0.1) is 13.8 Å². The van der Waals surface area contributed by atoms with E-state index in [0.29, 0.717) is 11.5 Å². The predicted molar refractivity (Wildman–Crippen MR) is 138 cm³/mol. The van der Waals surface area contributed by atoms with E-state index in [9.17, 15) is 0 Å². The van der Waals surface area contributed by atoms with Crippen LogP contribution in [-0.2, 0) is 32.5 Å². The van der Waals surface area contributed by atoms with E-state index in [1.54, 1.807) is 11.3 Å². The van der Waals surface area contributed by atoms with Gasteiger partial charge in [-0.2, -0.15) is 0 Å². The molecule has 176 valence electrons. The zero-order valence-corrected chi connectivity index (χ0v) is 24.5. The molecule has 0 aliphatic rings. The molecule has 3 rings (SSSR count). The molecule has 0 fully saturated rings. The zero-order valence-electron chi connectivity index (χ0n) is 20.6. The minimum atomic E-state index is -0.139. The topological polar surface area (TPSA) is 18.5 Å². The summed E-state index contributed by atoms with van der Waals surface area (Å²) in [5.74, 6) is 1.25. The van der Waals surface area contributed by atoms with E-state index in [0.717, 1.165) is 33.4 Å². The molecule has 0 spiro atoms. The van der Waals surface area contributed by atoms with Crippen LogP contribution in [0.5, 0.6) is 11.5 Å². The van der Waals surface area contributed by atoms with Crippen LogP contribution in [0.3, 0.4) is 0 Å². The van der Waals surface area contributed by atoms with Gasteiger partial charge in [0.15, 0.2) is 11.5 Å². The quantitative estimate of drug-likeness (QED) is 0.301. The Morgan fingerprint density at radius 1 is 0.758 bits per heavy atom.